The molecule has 4 heterocycles. The van der Waals surface area contributed by atoms with E-state index >= 15 is 0 Å². The van der Waals surface area contributed by atoms with Crippen LogP contribution in [0.4, 0.5) is 0 Å². The number of carbonyl (C=O) groups excluding carboxylic acids is 1. The van der Waals surface area contributed by atoms with Crippen molar-refractivity contribution in [3.63, 3.8) is 0 Å². The number of likely N-dealkylation sites (tertiary alicyclic amines) is 1. The molecule has 2 aromatic rings. The fourth-order valence-electron chi connectivity index (χ4n) is 5.43. The Hall–Kier alpha value is -2.37. The zero-order valence-electron chi connectivity index (χ0n) is 14.5. The van der Waals surface area contributed by atoms with E-state index in [2.05, 4.69) is 16.9 Å². The van der Waals surface area contributed by atoms with E-state index < -0.39 is 12.7 Å². The second kappa shape index (κ2) is 5.09. The van der Waals surface area contributed by atoms with Crippen molar-refractivity contribution in [2.24, 2.45) is 11.3 Å². The molecule has 5 rings (SSSR count). The summed E-state index contributed by atoms with van der Waals surface area (Å²) < 4.78 is 6.12. The highest BCUT2D eigenvalue weighted by Gasteiger charge is 2.68. The molecule has 1 saturated heterocycles. The Morgan fingerprint density at radius 3 is 3.27 bits per heavy atom. The fraction of sp³-hybridized carbons (Fsp3) is 0.500. The highest BCUT2D eigenvalue weighted by atomic mass is 16.5. The van der Waals surface area contributed by atoms with Crippen molar-refractivity contribution in [2.75, 3.05) is 13.1 Å². The Bertz CT molecular complexity index is 969. The van der Waals surface area contributed by atoms with Crippen LogP contribution in [0.3, 0.4) is 0 Å². The lowest BCUT2D eigenvalue weighted by Gasteiger charge is -2.59. The Labute approximate surface area is 151 Å². The summed E-state index contributed by atoms with van der Waals surface area (Å²) in [6.07, 6.45) is 5.16. The number of pyridine rings is 1. The maximum atomic E-state index is 12.1. The van der Waals surface area contributed by atoms with Gasteiger partial charge in [0.05, 0.1) is 11.7 Å². The van der Waals surface area contributed by atoms with Crippen LogP contribution in [0, 0.1) is 22.7 Å². The summed E-state index contributed by atoms with van der Waals surface area (Å²) in [5.41, 5.74) is 2.03. The van der Waals surface area contributed by atoms with Crippen molar-refractivity contribution in [1.29, 1.82) is 5.26 Å². The molecule has 2 aromatic heterocycles. The minimum atomic E-state index is -0.964. The molecule has 1 amide bonds. The van der Waals surface area contributed by atoms with Crippen LogP contribution in [0.5, 0.6) is 0 Å². The van der Waals surface area contributed by atoms with Gasteiger partial charge in [-0.05, 0) is 35.8 Å². The Balaban J connectivity index is 1.50. The Kier molecular flexibility index (Phi) is 3.10. The monoisotopic (exact) mass is 350 g/mol. The van der Waals surface area contributed by atoms with E-state index in [0.29, 0.717) is 13.1 Å². The highest BCUT2D eigenvalue weighted by Crippen LogP contribution is 2.66. The number of rotatable bonds is 1. The van der Waals surface area contributed by atoms with Crippen LogP contribution < -0.4 is 5.46 Å². The van der Waals surface area contributed by atoms with Gasteiger partial charge in [-0.15, -0.1) is 0 Å². The van der Waals surface area contributed by atoms with Crippen LogP contribution in [-0.4, -0.2) is 46.0 Å². The normalized spacial score (nSPS) is 32.3. The molecule has 2 fully saturated rings. The number of carbonyl (C=O) groups is 1. The SMILES string of the molecule is CC1C2(CCN(C(=O)CC#N)C2)CC12OB(O)c1cnc3[nH]ccc3c12. The molecule has 0 aromatic carbocycles. The van der Waals surface area contributed by atoms with Crippen molar-refractivity contribution < 1.29 is 14.5 Å². The van der Waals surface area contributed by atoms with Crippen LogP contribution in [0.15, 0.2) is 18.5 Å². The standard InChI is InChI=1S/C18H19BN4O3/c1-11-17(4-7-23(10-17)14(24)2-5-20)9-18(11)15-12-3-6-21-16(12)22-8-13(15)19(25)26-18/h3,6,8,11,25H,2,4,7,9-10H2,1H3,(H,21,22). The number of hydrogen-bond donors (Lipinski definition) is 2. The first-order chi connectivity index (χ1) is 12.5. The quantitative estimate of drug-likeness (QED) is 0.735. The van der Waals surface area contributed by atoms with Crippen LogP contribution in [0.1, 0.15) is 31.7 Å². The Morgan fingerprint density at radius 1 is 1.65 bits per heavy atom. The third-order valence-electron chi connectivity index (χ3n) is 6.83. The molecule has 0 bridgehead atoms. The fourth-order valence-corrected chi connectivity index (χ4v) is 5.43. The van der Waals surface area contributed by atoms with Gasteiger partial charge < -0.3 is 19.6 Å². The number of hydrogen-bond acceptors (Lipinski definition) is 5. The van der Waals surface area contributed by atoms with Gasteiger partial charge >= 0.3 is 7.12 Å². The smallest absolute Gasteiger partial charge is 0.423 e. The number of nitriles is 1. The lowest BCUT2D eigenvalue weighted by Crippen LogP contribution is -2.59. The van der Waals surface area contributed by atoms with E-state index in [-0.39, 0.29) is 23.7 Å². The molecule has 1 saturated carbocycles. The largest absolute Gasteiger partial charge is 0.493 e. The molecule has 26 heavy (non-hydrogen) atoms. The highest BCUT2D eigenvalue weighted by molar-refractivity contribution is 6.62. The van der Waals surface area contributed by atoms with Gasteiger partial charge in [0.25, 0.3) is 0 Å². The molecular formula is C18H19BN4O3. The van der Waals surface area contributed by atoms with Crippen molar-refractivity contribution in [3.8, 4) is 6.07 Å². The first-order valence-corrected chi connectivity index (χ1v) is 8.98. The topological polar surface area (TPSA) is 102 Å². The van der Waals surface area contributed by atoms with E-state index in [0.717, 1.165) is 34.9 Å². The van der Waals surface area contributed by atoms with Crippen molar-refractivity contribution in [1.82, 2.24) is 14.9 Å². The molecule has 3 aliphatic rings. The maximum Gasteiger partial charge on any atom is 0.493 e. The lowest BCUT2D eigenvalue weighted by atomic mass is 9.49. The molecule has 132 valence electrons. The second-order valence-corrected chi connectivity index (χ2v) is 7.85. The molecule has 2 N–H and O–H groups in total. The average Bonchev–Trinajstić information content (AvgIpc) is 3.33. The van der Waals surface area contributed by atoms with Crippen molar-refractivity contribution in [2.45, 2.75) is 31.8 Å². The summed E-state index contributed by atoms with van der Waals surface area (Å²) in [6, 6.07) is 3.93. The first kappa shape index (κ1) is 15.9. The zero-order valence-corrected chi connectivity index (χ0v) is 14.5. The predicted octanol–water partition coefficient (Wildman–Crippen LogP) is 0.648. The first-order valence-electron chi connectivity index (χ1n) is 8.98. The summed E-state index contributed by atoms with van der Waals surface area (Å²) >= 11 is 0. The van der Waals surface area contributed by atoms with Crippen LogP contribution in [0.25, 0.3) is 11.0 Å². The van der Waals surface area contributed by atoms with E-state index in [9.17, 15) is 9.82 Å². The molecular weight excluding hydrogens is 331 g/mol. The zero-order chi connectivity index (χ0) is 18.1. The van der Waals surface area contributed by atoms with E-state index in [1.807, 2.05) is 18.3 Å². The van der Waals surface area contributed by atoms with Crippen LogP contribution in [0.2, 0.25) is 0 Å². The molecule has 2 spiro atoms. The molecule has 3 atom stereocenters. The number of amides is 1. The molecule has 7 nitrogen and oxygen atoms in total. The van der Waals surface area contributed by atoms with Crippen LogP contribution in [-0.2, 0) is 15.0 Å². The van der Waals surface area contributed by atoms with Gasteiger partial charge in [0.15, 0.2) is 0 Å². The number of fused-ring (bicyclic) bond motifs is 4. The van der Waals surface area contributed by atoms with Crippen molar-refractivity contribution >= 4 is 29.5 Å². The summed E-state index contributed by atoms with van der Waals surface area (Å²) in [5.74, 6) is 0.0637. The number of nitrogens with zero attached hydrogens (tertiary/aromatic N) is 3. The average molecular weight is 350 g/mol. The van der Waals surface area contributed by atoms with E-state index in [4.69, 9.17) is 9.92 Å². The number of aromatic amines is 1. The molecule has 2 aliphatic heterocycles. The number of nitrogens with one attached hydrogen (secondary N) is 1. The van der Waals surface area contributed by atoms with Gasteiger partial charge in [-0.1, -0.05) is 6.92 Å². The summed E-state index contributed by atoms with van der Waals surface area (Å²) in [6.45, 7) is 3.50. The van der Waals surface area contributed by atoms with E-state index in [1.54, 1.807) is 11.1 Å². The minimum absolute atomic E-state index is 0.0155. The number of H-pyrrole nitrogens is 1. The van der Waals surface area contributed by atoms with Gasteiger partial charge in [0, 0.05) is 36.3 Å². The summed E-state index contributed by atoms with van der Waals surface area (Å²) in [4.78, 5) is 21.4. The molecule has 0 radical (unpaired) electrons. The molecule has 8 heteroatoms. The summed E-state index contributed by atoms with van der Waals surface area (Å²) in [7, 11) is -0.964. The van der Waals surface area contributed by atoms with E-state index in [1.165, 1.54) is 0 Å². The Morgan fingerprint density at radius 2 is 2.50 bits per heavy atom. The molecule has 1 aliphatic carbocycles. The minimum Gasteiger partial charge on any atom is -0.423 e. The van der Waals surface area contributed by atoms with Gasteiger partial charge in [0.2, 0.25) is 5.91 Å². The van der Waals surface area contributed by atoms with Gasteiger partial charge in [-0.2, -0.15) is 5.26 Å². The second-order valence-electron chi connectivity index (χ2n) is 7.85. The van der Waals surface area contributed by atoms with Gasteiger partial charge in [0.1, 0.15) is 12.1 Å². The lowest BCUT2D eigenvalue weighted by molar-refractivity contribution is -0.173. The predicted molar refractivity (Wildman–Crippen MR) is 94.1 cm³/mol. The van der Waals surface area contributed by atoms with Gasteiger partial charge in [-0.3, -0.25) is 4.79 Å². The van der Waals surface area contributed by atoms with Crippen LogP contribution >= 0.6 is 0 Å². The third-order valence-corrected chi connectivity index (χ3v) is 6.83. The summed E-state index contributed by atoms with van der Waals surface area (Å²) in [5, 5.41) is 20.2. The van der Waals surface area contributed by atoms with Gasteiger partial charge in [-0.25, -0.2) is 4.98 Å². The third kappa shape index (κ3) is 1.80. The molecule has 3 unspecified atom stereocenters. The van der Waals surface area contributed by atoms with Crippen molar-refractivity contribution in [3.05, 3.63) is 24.0 Å². The maximum absolute atomic E-state index is 12.1. The number of aromatic nitrogens is 2.